The molecule has 1 unspecified atom stereocenters. The Kier molecular flexibility index (Phi) is 3.84. The van der Waals surface area contributed by atoms with Gasteiger partial charge in [-0.25, -0.2) is 9.18 Å². The van der Waals surface area contributed by atoms with Gasteiger partial charge in [-0.05, 0) is 24.6 Å². The first kappa shape index (κ1) is 12.4. The van der Waals surface area contributed by atoms with Crippen LogP contribution in [0, 0.1) is 5.82 Å². The van der Waals surface area contributed by atoms with Crippen LogP contribution >= 0.6 is 0 Å². The van der Waals surface area contributed by atoms with E-state index in [-0.39, 0.29) is 12.4 Å². The maximum atomic E-state index is 12.7. The molecular weight excluding hydrogens is 213 g/mol. The van der Waals surface area contributed by atoms with Crippen molar-refractivity contribution in [2.75, 3.05) is 13.7 Å². The molecule has 0 saturated carbocycles. The monoisotopic (exact) mass is 227 g/mol. The van der Waals surface area contributed by atoms with Gasteiger partial charge in [-0.2, -0.15) is 0 Å². The minimum absolute atomic E-state index is 0.00863. The summed E-state index contributed by atoms with van der Waals surface area (Å²) in [5, 5.41) is 12.4. The lowest BCUT2D eigenvalue weighted by Crippen LogP contribution is -2.38. The topological polar surface area (TPSA) is 58.6 Å². The average Bonchev–Trinajstić information content (AvgIpc) is 2.26. The quantitative estimate of drug-likeness (QED) is 0.820. The zero-order chi connectivity index (χ0) is 12.2. The van der Waals surface area contributed by atoms with Gasteiger partial charge in [0.25, 0.3) is 0 Å². The molecule has 0 aliphatic heterocycles. The lowest BCUT2D eigenvalue weighted by Gasteiger charge is -2.23. The van der Waals surface area contributed by atoms with Gasteiger partial charge < -0.3 is 15.2 Å². The zero-order valence-corrected chi connectivity index (χ0v) is 9.16. The molecule has 2 N–H and O–H groups in total. The van der Waals surface area contributed by atoms with Crippen molar-refractivity contribution in [3.8, 4) is 0 Å². The van der Waals surface area contributed by atoms with Crippen LogP contribution in [0.1, 0.15) is 12.5 Å². The highest BCUT2D eigenvalue weighted by Crippen LogP contribution is 2.19. The van der Waals surface area contributed by atoms with Crippen LogP contribution in [0.15, 0.2) is 24.3 Å². The van der Waals surface area contributed by atoms with Crippen molar-refractivity contribution in [3.63, 3.8) is 0 Å². The number of halogens is 1. The molecule has 0 aliphatic carbocycles. The molecular formula is C11H14FNO3. The molecule has 1 aromatic rings. The van der Waals surface area contributed by atoms with E-state index in [9.17, 15) is 14.3 Å². The summed E-state index contributed by atoms with van der Waals surface area (Å²) in [6.45, 7) is 1.52. The van der Waals surface area contributed by atoms with Gasteiger partial charge in [0.1, 0.15) is 11.4 Å². The Morgan fingerprint density at radius 3 is 2.56 bits per heavy atom. The standard InChI is InChI=1S/C11H14FNO3/c1-11(15,7-13-10(14)16-2)8-3-5-9(12)6-4-8/h3-6,15H,7H2,1-2H3,(H,13,14). The summed E-state index contributed by atoms with van der Waals surface area (Å²) in [6, 6.07) is 5.44. The Hall–Kier alpha value is -1.62. The molecule has 0 radical (unpaired) electrons. The fraction of sp³-hybridized carbons (Fsp3) is 0.364. The molecule has 4 nitrogen and oxygen atoms in total. The van der Waals surface area contributed by atoms with E-state index in [0.29, 0.717) is 5.56 Å². The number of hydrogen-bond acceptors (Lipinski definition) is 3. The molecule has 0 fully saturated rings. The van der Waals surface area contributed by atoms with E-state index >= 15 is 0 Å². The van der Waals surface area contributed by atoms with Crippen LogP contribution in [0.3, 0.4) is 0 Å². The molecule has 16 heavy (non-hydrogen) atoms. The first-order valence-electron chi connectivity index (χ1n) is 4.76. The number of amides is 1. The van der Waals surface area contributed by atoms with E-state index < -0.39 is 11.7 Å². The number of methoxy groups -OCH3 is 1. The minimum Gasteiger partial charge on any atom is -0.453 e. The normalized spacial score (nSPS) is 14.0. The van der Waals surface area contributed by atoms with Crippen molar-refractivity contribution in [2.24, 2.45) is 0 Å². The van der Waals surface area contributed by atoms with E-state index in [1.165, 1.54) is 38.3 Å². The number of rotatable bonds is 3. The van der Waals surface area contributed by atoms with Crippen molar-refractivity contribution >= 4 is 6.09 Å². The van der Waals surface area contributed by atoms with Crippen LogP contribution in [0.5, 0.6) is 0 Å². The van der Waals surface area contributed by atoms with Crippen molar-refractivity contribution in [1.29, 1.82) is 0 Å². The molecule has 1 aromatic carbocycles. The van der Waals surface area contributed by atoms with Gasteiger partial charge in [0, 0.05) is 0 Å². The van der Waals surface area contributed by atoms with E-state index in [1.807, 2.05) is 0 Å². The zero-order valence-electron chi connectivity index (χ0n) is 9.16. The largest absolute Gasteiger partial charge is 0.453 e. The number of carbonyl (C=O) groups is 1. The third-order valence-corrected chi connectivity index (χ3v) is 2.23. The molecule has 0 bridgehead atoms. The number of ether oxygens (including phenoxy) is 1. The fourth-order valence-corrected chi connectivity index (χ4v) is 1.23. The first-order chi connectivity index (χ1) is 7.45. The van der Waals surface area contributed by atoms with Crippen LogP contribution in [0.25, 0.3) is 0 Å². The Balaban J connectivity index is 2.69. The number of aliphatic hydroxyl groups is 1. The fourth-order valence-electron chi connectivity index (χ4n) is 1.23. The molecule has 1 rings (SSSR count). The van der Waals surface area contributed by atoms with E-state index in [0.717, 1.165) is 0 Å². The summed E-state index contributed by atoms with van der Waals surface area (Å²) in [5.74, 6) is -0.375. The van der Waals surface area contributed by atoms with Crippen molar-refractivity contribution in [1.82, 2.24) is 5.32 Å². The lowest BCUT2D eigenvalue weighted by atomic mass is 9.96. The third kappa shape index (κ3) is 3.20. The second kappa shape index (κ2) is 4.94. The maximum absolute atomic E-state index is 12.7. The van der Waals surface area contributed by atoms with Crippen LogP contribution in [-0.4, -0.2) is 24.9 Å². The molecule has 0 heterocycles. The van der Waals surface area contributed by atoms with Crippen molar-refractivity contribution in [2.45, 2.75) is 12.5 Å². The van der Waals surface area contributed by atoms with Gasteiger partial charge in [0.2, 0.25) is 0 Å². The highest BCUT2D eigenvalue weighted by molar-refractivity contribution is 5.67. The summed E-state index contributed by atoms with van der Waals surface area (Å²) in [5.41, 5.74) is -0.743. The van der Waals surface area contributed by atoms with Gasteiger partial charge >= 0.3 is 6.09 Å². The summed E-state index contributed by atoms with van der Waals surface area (Å²) in [6.07, 6.45) is -0.623. The van der Waals surface area contributed by atoms with Crippen molar-refractivity contribution in [3.05, 3.63) is 35.6 Å². The highest BCUT2D eigenvalue weighted by Gasteiger charge is 2.23. The Bertz CT molecular complexity index is 362. The predicted octanol–water partition coefficient (Wildman–Crippen LogP) is 1.39. The van der Waals surface area contributed by atoms with Gasteiger partial charge in [-0.3, -0.25) is 0 Å². The smallest absolute Gasteiger partial charge is 0.406 e. The maximum Gasteiger partial charge on any atom is 0.406 e. The molecule has 1 amide bonds. The minimum atomic E-state index is -1.26. The van der Waals surface area contributed by atoms with Crippen molar-refractivity contribution < 1.29 is 19.0 Å². The number of carbonyl (C=O) groups excluding carboxylic acids is 1. The van der Waals surface area contributed by atoms with Crippen LogP contribution < -0.4 is 5.32 Å². The second-order valence-corrected chi connectivity index (χ2v) is 3.63. The van der Waals surface area contributed by atoms with Gasteiger partial charge in [-0.15, -0.1) is 0 Å². The van der Waals surface area contributed by atoms with Crippen LogP contribution in [0.2, 0.25) is 0 Å². The van der Waals surface area contributed by atoms with Gasteiger partial charge in [-0.1, -0.05) is 12.1 Å². The number of alkyl carbamates (subject to hydrolysis) is 1. The Labute approximate surface area is 93.0 Å². The summed E-state index contributed by atoms with van der Waals surface area (Å²) < 4.78 is 17.1. The highest BCUT2D eigenvalue weighted by atomic mass is 19.1. The third-order valence-electron chi connectivity index (χ3n) is 2.23. The first-order valence-corrected chi connectivity index (χ1v) is 4.76. The molecule has 0 saturated heterocycles. The summed E-state index contributed by atoms with van der Waals surface area (Å²) in [7, 11) is 1.24. The van der Waals surface area contributed by atoms with E-state index in [2.05, 4.69) is 10.1 Å². The average molecular weight is 227 g/mol. The Morgan fingerprint density at radius 1 is 1.50 bits per heavy atom. The van der Waals surface area contributed by atoms with Crippen LogP contribution in [-0.2, 0) is 10.3 Å². The molecule has 1 atom stereocenters. The molecule has 0 aliphatic rings. The van der Waals surface area contributed by atoms with E-state index in [4.69, 9.17) is 0 Å². The lowest BCUT2D eigenvalue weighted by molar-refractivity contribution is 0.0553. The molecule has 5 heteroatoms. The van der Waals surface area contributed by atoms with Gasteiger partial charge in [0.15, 0.2) is 0 Å². The molecule has 0 aromatic heterocycles. The second-order valence-electron chi connectivity index (χ2n) is 3.63. The number of hydrogen-bond donors (Lipinski definition) is 2. The predicted molar refractivity (Wildman–Crippen MR) is 56.4 cm³/mol. The summed E-state index contributed by atoms with van der Waals surface area (Å²) >= 11 is 0. The van der Waals surface area contributed by atoms with E-state index in [1.54, 1.807) is 0 Å². The van der Waals surface area contributed by atoms with Gasteiger partial charge in [0.05, 0.1) is 13.7 Å². The SMILES string of the molecule is COC(=O)NCC(C)(O)c1ccc(F)cc1. The van der Waals surface area contributed by atoms with Crippen LogP contribution in [0.4, 0.5) is 9.18 Å². The molecule has 88 valence electrons. The summed E-state index contributed by atoms with van der Waals surface area (Å²) in [4.78, 5) is 10.8. The Morgan fingerprint density at radius 2 is 2.06 bits per heavy atom. The number of benzene rings is 1. The molecule has 0 spiro atoms. The number of nitrogens with one attached hydrogen (secondary N) is 1.